The van der Waals surface area contributed by atoms with E-state index in [2.05, 4.69) is 4.98 Å². The van der Waals surface area contributed by atoms with E-state index in [1.165, 1.54) is 4.57 Å². The third kappa shape index (κ3) is 3.94. The van der Waals surface area contributed by atoms with Gasteiger partial charge in [-0.25, -0.2) is 0 Å². The Bertz CT molecular complexity index is 991. The number of nitrogens with zero attached hydrogens (tertiary/aromatic N) is 2. The Labute approximate surface area is 155 Å². The van der Waals surface area contributed by atoms with Crippen molar-refractivity contribution in [2.24, 2.45) is 5.92 Å². The standard InChI is InChI=1S/C19H23N3O5/c1-2-22-15-7-6-13(10-14(15)20-17(25)19(22)27)18(26)21-9-3-4-12(11-21)5-8-16(23)24/h6-7,10,12H,2-5,8-9,11H2,1H3,(H,20,25)(H,23,24). The van der Waals surface area contributed by atoms with Crippen LogP contribution in [0, 0.1) is 5.92 Å². The van der Waals surface area contributed by atoms with E-state index in [1.54, 1.807) is 30.0 Å². The Morgan fingerprint density at radius 3 is 2.78 bits per heavy atom. The molecule has 0 aliphatic carbocycles. The van der Waals surface area contributed by atoms with Crippen LogP contribution in [0.25, 0.3) is 11.0 Å². The zero-order valence-corrected chi connectivity index (χ0v) is 15.2. The molecule has 1 fully saturated rings. The summed E-state index contributed by atoms with van der Waals surface area (Å²) >= 11 is 0. The Kier molecular flexibility index (Phi) is 5.43. The van der Waals surface area contributed by atoms with Crippen LogP contribution >= 0.6 is 0 Å². The topological polar surface area (TPSA) is 112 Å². The van der Waals surface area contributed by atoms with Gasteiger partial charge in [0.1, 0.15) is 0 Å². The van der Waals surface area contributed by atoms with E-state index in [1.807, 2.05) is 0 Å². The summed E-state index contributed by atoms with van der Waals surface area (Å²) in [6.07, 6.45) is 2.44. The lowest BCUT2D eigenvalue weighted by Gasteiger charge is -2.32. The van der Waals surface area contributed by atoms with Gasteiger partial charge in [-0.15, -0.1) is 0 Å². The molecule has 1 unspecified atom stereocenters. The third-order valence-electron chi connectivity index (χ3n) is 5.11. The predicted octanol–water partition coefficient (Wildman–Crippen LogP) is 1.43. The van der Waals surface area contributed by atoms with Gasteiger partial charge in [-0.05, 0) is 50.3 Å². The lowest BCUT2D eigenvalue weighted by molar-refractivity contribution is -0.137. The van der Waals surface area contributed by atoms with Crippen molar-refractivity contribution < 1.29 is 14.7 Å². The number of hydrogen-bond acceptors (Lipinski definition) is 4. The summed E-state index contributed by atoms with van der Waals surface area (Å²) in [5.74, 6) is -0.782. The first-order chi connectivity index (χ1) is 12.9. The summed E-state index contributed by atoms with van der Waals surface area (Å²) in [6.45, 7) is 3.31. The maximum atomic E-state index is 12.9. The maximum absolute atomic E-state index is 12.9. The number of nitrogens with one attached hydrogen (secondary N) is 1. The van der Waals surface area contributed by atoms with Crippen LogP contribution in [-0.4, -0.2) is 44.5 Å². The van der Waals surface area contributed by atoms with Gasteiger partial charge in [0, 0.05) is 31.6 Å². The minimum absolute atomic E-state index is 0.110. The summed E-state index contributed by atoms with van der Waals surface area (Å²) in [7, 11) is 0. The average molecular weight is 373 g/mol. The summed E-state index contributed by atoms with van der Waals surface area (Å²) in [5.41, 5.74) is 0.156. The van der Waals surface area contributed by atoms with Gasteiger partial charge >= 0.3 is 17.1 Å². The number of aliphatic carboxylic acids is 1. The van der Waals surface area contributed by atoms with E-state index in [0.29, 0.717) is 42.7 Å². The van der Waals surface area contributed by atoms with Crippen LogP contribution in [0.4, 0.5) is 0 Å². The molecule has 1 aliphatic heterocycles. The summed E-state index contributed by atoms with van der Waals surface area (Å²) in [5, 5.41) is 8.85. The van der Waals surface area contributed by atoms with Gasteiger partial charge in [0.25, 0.3) is 5.91 Å². The number of likely N-dealkylation sites (tertiary alicyclic amines) is 1. The second-order valence-electron chi connectivity index (χ2n) is 6.93. The maximum Gasteiger partial charge on any atom is 0.316 e. The summed E-state index contributed by atoms with van der Waals surface area (Å²) in [6, 6.07) is 4.94. The second kappa shape index (κ2) is 7.77. The number of carboxylic acids is 1. The van der Waals surface area contributed by atoms with Crippen LogP contribution in [0.1, 0.15) is 43.0 Å². The fourth-order valence-corrected chi connectivity index (χ4v) is 3.72. The molecule has 144 valence electrons. The fourth-order valence-electron chi connectivity index (χ4n) is 3.72. The highest BCUT2D eigenvalue weighted by molar-refractivity contribution is 5.97. The Balaban J connectivity index is 1.85. The van der Waals surface area contributed by atoms with Crippen molar-refractivity contribution in [3.05, 3.63) is 44.5 Å². The van der Waals surface area contributed by atoms with Gasteiger partial charge in [-0.3, -0.25) is 19.2 Å². The molecule has 0 spiro atoms. The molecule has 1 aromatic carbocycles. The van der Waals surface area contributed by atoms with Crippen LogP contribution in [0.5, 0.6) is 0 Å². The van der Waals surface area contributed by atoms with Crippen molar-refractivity contribution in [3.63, 3.8) is 0 Å². The van der Waals surface area contributed by atoms with E-state index in [4.69, 9.17) is 5.11 Å². The van der Waals surface area contributed by atoms with Crippen molar-refractivity contribution in [1.29, 1.82) is 0 Å². The molecule has 0 radical (unpaired) electrons. The molecule has 1 atom stereocenters. The number of aromatic amines is 1. The largest absolute Gasteiger partial charge is 0.481 e. The van der Waals surface area contributed by atoms with Gasteiger partial charge < -0.3 is 19.6 Å². The summed E-state index contributed by atoms with van der Waals surface area (Å²) < 4.78 is 1.38. The van der Waals surface area contributed by atoms with E-state index in [0.717, 1.165) is 12.8 Å². The number of carbonyl (C=O) groups excluding carboxylic acids is 1. The number of amides is 1. The molecule has 0 saturated carbocycles. The number of H-pyrrole nitrogens is 1. The minimum atomic E-state index is -0.820. The average Bonchev–Trinajstić information content (AvgIpc) is 2.66. The highest BCUT2D eigenvalue weighted by Gasteiger charge is 2.25. The van der Waals surface area contributed by atoms with Crippen LogP contribution in [0.2, 0.25) is 0 Å². The molecule has 3 rings (SSSR count). The van der Waals surface area contributed by atoms with Crippen LogP contribution < -0.4 is 11.1 Å². The Hall–Kier alpha value is -2.90. The molecular weight excluding hydrogens is 350 g/mol. The van der Waals surface area contributed by atoms with E-state index >= 15 is 0 Å². The zero-order valence-electron chi connectivity index (χ0n) is 15.2. The lowest BCUT2D eigenvalue weighted by atomic mass is 9.93. The number of carboxylic acid groups (broad SMARTS) is 1. The quantitative estimate of drug-likeness (QED) is 0.770. The van der Waals surface area contributed by atoms with E-state index in [9.17, 15) is 19.2 Å². The molecule has 8 nitrogen and oxygen atoms in total. The number of aromatic nitrogens is 2. The molecule has 2 heterocycles. The van der Waals surface area contributed by atoms with Crippen molar-refractivity contribution >= 4 is 22.9 Å². The molecule has 1 aromatic heterocycles. The first-order valence-electron chi connectivity index (χ1n) is 9.18. The molecule has 0 bridgehead atoms. The van der Waals surface area contributed by atoms with Gasteiger partial charge in [0.2, 0.25) is 0 Å². The van der Waals surface area contributed by atoms with Crippen LogP contribution in [0.15, 0.2) is 27.8 Å². The van der Waals surface area contributed by atoms with E-state index in [-0.39, 0.29) is 18.2 Å². The SMILES string of the molecule is CCn1c(=O)c(=O)[nH]c2cc(C(=O)N3CCCC(CCC(=O)O)C3)ccc21. The normalized spacial score (nSPS) is 17.2. The number of rotatable bonds is 5. The van der Waals surface area contributed by atoms with Crippen molar-refractivity contribution in [2.45, 2.75) is 39.2 Å². The zero-order chi connectivity index (χ0) is 19.6. The molecule has 1 aliphatic rings. The molecule has 27 heavy (non-hydrogen) atoms. The van der Waals surface area contributed by atoms with Gasteiger partial charge in [0.05, 0.1) is 11.0 Å². The third-order valence-corrected chi connectivity index (χ3v) is 5.11. The first-order valence-corrected chi connectivity index (χ1v) is 9.18. The Morgan fingerprint density at radius 2 is 2.07 bits per heavy atom. The first kappa shape index (κ1) is 18.9. The number of benzene rings is 1. The summed E-state index contributed by atoms with van der Waals surface area (Å²) in [4.78, 5) is 51.7. The molecule has 1 amide bonds. The predicted molar refractivity (Wildman–Crippen MR) is 100 cm³/mol. The monoisotopic (exact) mass is 373 g/mol. The fraction of sp³-hybridized carbons (Fsp3) is 0.474. The molecule has 1 saturated heterocycles. The minimum Gasteiger partial charge on any atom is -0.481 e. The van der Waals surface area contributed by atoms with Gasteiger partial charge in [0.15, 0.2) is 0 Å². The number of piperidine rings is 1. The number of hydrogen-bond donors (Lipinski definition) is 2. The molecule has 2 aromatic rings. The second-order valence-corrected chi connectivity index (χ2v) is 6.93. The highest BCUT2D eigenvalue weighted by Crippen LogP contribution is 2.23. The molecule has 8 heteroatoms. The van der Waals surface area contributed by atoms with Crippen LogP contribution in [-0.2, 0) is 11.3 Å². The highest BCUT2D eigenvalue weighted by atomic mass is 16.4. The number of aryl methyl sites for hydroxylation is 1. The van der Waals surface area contributed by atoms with Crippen molar-refractivity contribution in [2.75, 3.05) is 13.1 Å². The van der Waals surface area contributed by atoms with E-state index < -0.39 is 17.1 Å². The number of fused-ring (bicyclic) bond motifs is 1. The smallest absolute Gasteiger partial charge is 0.316 e. The van der Waals surface area contributed by atoms with Gasteiger partial charge in [-0.1, -0.05) is 0 Å². The molecule has 2 N–H and O–H groups in total. The van der Waals surface area contributed by atoms with Crippen molar-refractivity contribution in [1.82, 2.24) is 14.5 Å². The van der Waals surface area contributed by atoms with Crippen LogP contribution in [0.3, 0.4) is 0 Å². The Morgan fingerprint density at radius 1 is 1.30 bits per heavy atom. The molecular formula is C19H23N3O5. The lowest BCUT2D eigenvalue weighted by Crippen LogP contribution is -2.40. The van der Waals surface area contributed by atoms with Crippen molar-refractivity contribution in [3.8, 4) is 0 Å². The van der Waals surface area contributed by atoms with Gasteiger partial charge in [-0.2, -0.15) is 0 Å². The number of carbonyl (C=O) groups is 2.